The predicted octanol–water partition coefficient (Wildman–Crippen LogP) is 1.15. The molecule has 0 spiro atoms. The Kier molecular flexibility index (Phi) is 6.61. The number of nitrogens with one attached hydrogen (secondary N) is 1. The molecule has 0 saturated carbocycles. The van der Waals surface area contributed by atoms with Crippen LogP contribution in [0.2, 0.25) is 0 Å². The lowest BCUT2D eigenvalue weighted by Crippen LogP contribution is -2.50. The first-order valence-corrected chi connectivity index (χ1v) is 9.79. The van der Waals surface area contributed by atoms with Gasteiger partial charge in [-0.3, -0.25) is 14.4 Å². The van der Waals surface area contributed by atoms with Crippen molar-refractivity contribution in [3.05, 3.63) is 57.8 Å². The van der Waals surface area contributed by atoms with Gasteiger partial charge in [0.05, 0.1) is 12.0 Å². The summed E-state index contributed by atoms with van der Waals surface area (Å²) in [7, 11) is 1.27. The van der Waals surface area contributed by atoms with Gasteiger partial charge in [0.1, 0.15) is 12.6 Å². The Morgan fingerprint density at radius 2 is 1.90 bits per heavy atom. The number of benzene rings is 1. The molecule has 1 aliphatic rings. The Morgan fingerprint density at radius 1 is 1.14 bits per heavy atom. The molecule has 152 valence electrons. The minimum atomic E-state index is -0.778. The van der Waals surface area contributed by atoms with Crippen molar-refractivity contribution in [3.8, 4) is 0 Å². The Hall–Kier alpha value is -3.20. The molecule has 29 heavy (non-hydrogen) atoms. The number of carbonyl (C=O) groups excluding carboxylic acids is 4. The minimum Gasteiger partial charge on any atom is -0.467 e. The summed E-state index contributed by atoms with van der Waals surface area (Å²) in [4.78, 5) is 50.3. The highest BCUT2D eigenvalue weighted by molar-refractivity contribution is 7.12. The third-order valence-electron chi connectivity index (χ3n) is 4.54. The van der Waals surface area contributed by atoms with Crippen molar-refractivity contribution in [3.63, 3.8) is 0 Å². The molecular formula is C20H20N2O6S. The van der Waals surface area contributed by atoms with E-state index in [1.165, 1.54) is 23.3 Å². The highest BCUT2D eigenvalue weighted by Gasteiger charge is 2.35. The number of carbonyl (C=O) groups is 4. The van der Waals surface area contributed by atoms with Crippen LogP contribution in [0, 0.1) is 0 Å². The van der Waals surface area contributed by atoms with Crippen LogP contribution in [0.1, 0.15) is 20.8 Å². The van der Waals surface area contributed by atoms with Crippen LogP contribution < -0.4 is 5.32 Å². The second-order valence-electron chi connectivity index (χ2n) is 6.35. The van der Waals surface area contributed by atoms with Gasteiger partial charge in [-0.05, 0) is 22.6 Å². The SMILES string of the molecule is COC(=O)[C@@H]1Cc2ccccc2CN1C(=O)COC(=O)CNC(=O)c1cccs1. The third kappa shape index (κ3) is 5.00. The number of hydrogen-bond donors (Lipinski definition) is 1. The highest BCUT2D eigenvalue weighted by atomic mass is 32.1. The van der Waals surface area contributed by atoms with E-state index in [0.29, 0.717) is 11.3 Å². The van der Waals surface area contributed by atoms with Crippen LogP contribution in [-0.4, -0.2) is 55.0 Å². The molecular weight excluding hydrogens is 396 g/mol. The fourth-order valence-electron chi connectivity index (χ4n) is 3.06. The lowest BCUT2D eigenvalue weighted by atomic mass is 9.94. The first-order valence-electron chi connectivity index (χ1n) is 8.91. The van der Waals surface area contributed by atoms with Crippen LogP contribution in [0.25, 0.3) is 0 Å². The summed E-state index contributed by atoms with van der Waals surface area (Å²) in [5.41, 5.74) is 1.90. The summed E-state index contributed by atoms with van der Waals surface area (Å²) < 4.78 is 9.80. The maximum Gasteiger partial charge on any atom is 0.328 e. The Bertz CT molecular complexity index is 911. The maximum atomic E-state index is 12.6. The lowest BCUT2D eigenvalue weighted by molar-refractivity contribution is -0.159. The van der Waals surface area contributed by atoms with Crippen LogP contribution in [0.5, 0.6) is 0 Å². The van der Waals surface area contributed by atoms with Gasteiger partial charge >= 0.3 is 11.9 Å². The lowest BCUT2D eigenvalue weighted by Gasteiger charge is -2.35. The number of methoxy groups -OCH3 is 1. The van der Waals surface area contributed by atoms with Crippen LogP contribution in [0.4, 0.5) is 0 Å². The van der Waals surface area contributed by atoms with Crippen molar-refractivity contribution in [2.75, 3.05) is 20.3 Å². The molecule has 1 aromatic carbocycles. The van der Waals surface area contributed by atoms with E-state index in [-0.39, 0.29) is 19.0 Å². The number of rotatable bonds is 6. The number of fused-ring (bicyclic) bond motifs is 1. The van der Waals surface area contributed by atoms with Gasteiger partial charge in [-0.2, -0.15) is 0 Å². The smallest absolute Gasteiger partial charge is 0.328 e. The molecule has 0 saturated heterocycles. The molecule has 2 aromatic rings. The zero-order valence-corrected chi connectivity index (χ0v) is 16.6. The molecule has 1 N–H and O–H groups in total. The van der Waals surface area contributed by atoms with E-state index in [1.807, 2.05) is 24.3 Å². The van der Waals surface area contributed by atoms with E-state index < -0.39 is 30.5 Å². The topological polar surface area (TPSA) is 102 Å². The molecule has 0 fully saturated rings. The Morgan fingerprint density at radius 3 is 2.59 bits per heavy atom. The highest BCUT2D eigenvalue weighted by Crippen LogP contribution is 2.24. The fourth-order valence-corrected chi connectivity index (χ4v) is 3.70. The van der Waals surface area contributed by atoms with Gasteiger partial charge in [-0.15, -0.1) is 11.3 Å². The summed E-state index contributed by atoms with van der Waals surface area (Å²) in [6, 6.07) is 10.1. The van der Waals surface area contributed by atoms with Gasteiger partial charge in [-0.1, -0.05) is 30.3 Å². The first-order chi connectivity index (χ1) is 14.0. The van der Waals surface area contributed by atoms with Gasteiger partial charge in [0.25, 0.3) is 11.8 Å². The molecule has 8 nitrogen and oxygen atoms in total. The van der Waals surface area contributed by atoms with E-state index in [1.54, 1.807) is 17.5 Å². The second kappa shape index (κ2) is 9.33. The van der Waals surface area contributed by atoms with E-state index in [2.05, 4.69) is 5.32 Å². The fraction of sp³-hybridized carbons (Fsp3) is 0.300. The zero-order chi connectivity index (χ0) is 20.8. The molecule has 3 rings (SSSR count). The van der Waals surface area contributed by atoms with Gasteiger partial charge < -0.3 is 19.7 Å². The van der Waals surface area contributed by atoms with Crippen molar-refractivity contribution in [2.45, 2.75) is 19.0 Å². The number of amides is 2. The number of nitrogens with zero attached hydrogens (tertiary/aromatic N) is 1. The number of hydrogen-bond acceptors (Lipinski definition) is 7. The average molecular weight is 416 g/mol. The van der Waals surface area contributed by atoms with Crippen molar-refractivity contribution in [2.24, 2.45) is 0 Å². The standard InChI is InChI=1S/C20H20N2O6S/c1-27-20(26)15-9-13-5-2-3-6-14(13)11-22(15)17(23)12-28-18(24)10-21-19(25)16-7-4-8-29-16/h2-8,15H,9-12H2,1H3,(H,21,25)/t15-/m0/s1. The van der Waals surface area contributed by atoms with Crippen molar-refractivity contribution in [1.29, 1.82) is 0 Å². The van der Waals surface area contributed by atoms with Crippen molar-refractivity contribution < 1.29 is 28.7 Å². The largest absolute Gasteiger partial charge is 0.467 e. The summed E-state index contributed by atoms with van der Waals surface area (Å²) >= 11 is 1.25. The van der Waals surface area contributed by atoms with Crippen LogP contribution in [0.15, 0.2) is 41.8 Å². The van der Waals surface area contributed by atoms with Crippen molar-refractivity contribution >= 4 is 35.1 Å². The normalized spacial score (nSPS) is 15.2. The van der Waals surface area contributed by atoms with E-state index in [9.17, 15) is 19.2 Å². The van der Waals surface area contributed by atoms with Gasteiger partial charge in [-0.25, -0.2) is 4.79 Å². The minimum absolute atomic E-state index is 0.224. The molecule has 2 amide bonds. The quantitative estimate of drug-likeness (QED) is 0.709. The van der Waals surface area contributed by atoms with E-state index >= 15 is 0 Å². The average Bonchev–Trinajstić information content (AvgIpc) is 3.29. The number of esters is 2. The molecule has 2 heterocycles. The molecule has 0 bridgehead atoms. The molecule has 1 aliphatic heterocycles. The molecule has 1 atom stereocenters. The van der Waals surface area contributed by atoms with Crippen molar-refractivity contribution in [1.82, 2.24) is 10.2 Å². The molecule has 0 aliphatic carbocycles. The number of ether oxygens (including phenoxy) is 2. The summed E-state index contributed by atoms with van der Waals surface area (Å²) in [5.74, 6) is -2.16. The predicted molar refractivity (Wildman–Crippen MR) is 104 cm³/mol. The van der Waals surface area contributed by atoms with Gasteiger partial charge in [0, 0.05) is 13.0 Å². The van der Waals surface area contributed by atoms with Gasteiger partial charge in [0.2, 0.25) is 0 Å². The summed E-state index contributed by atoms with van der Waals surface area (Å²) in [6.07, 6.45) is 0.333. The van der Waals surface area contributed by atoms with Crippen LogP contribution >= 0.6 is 11.3 Å². The summed E-state index contributed by atoms with van der Waals surface area (Å²) in [6.45, 7) is -0.655. The second-order valence-corrected chi connectivity index (χ2v) is 7.30. The molecule has 1 aromatic heterocycles. The maximum absolute atomic E-state index is 12.6. The van der Waals surface area contributed by atoms with E-state index in [0.717, 1.165) is 11.1 Å². The first kappa shape index (κ1) is 20.5. The summed E-state index contributed by atoms with van der Waals surface area (Å²) in [5, 5.41) is 4.19. The van der Waals surface area contributed by atoms with Crippen LogP contribution in [0.3, 0.4) is 0 Å². The molecule has 0 unspecified atom stereocenters. The number of thiophene rings is 1. The van der Waals surface area contributed by atoms with Gasteiger partial charge in [0.15, 0.2) is 6.61 Å². The zero-order valence-electron chi connectivity index (χ0n) is 15.8. The van der Waals surface area contributed by atoms with Crippen LogP contribution in [-0.2, 0) is 36.8 Å². The monoisotopic (exact) mass is 416 g/mol. The third-order valence-corrected chi connectivity index (χ3v) is 5.41. The molecule has 9 heteroatoms. The Labute approximate surface area is 171 Å². The molecule has 0 radical (unpaired) electrons. The Balaban J connectivity index is 1.56. The van der Waals surface area contributed by atoms with E-state index in [4.69, 9.17) is 9.47 Å².